The van der Waals surface area contributed by atoms with Crippen LogP contribution >= 0.6 is 0 Å². The fourth-order valence-corrected chi connectivity index (χ4v) is 3.38. The Morgan fingerprint density at radius 2 is 1.13 bits per heavy atom. The molecule has 0 saturated heterocycles. The van der Waals surface area contributed by atoms with Crippen molar-refractivity contribution >= 4 is 0 Å². The van der Waals surface area contributed by atoms with E-state index in [9.17, 15) is 0 Å². The Morgan fingerprint density at radius 1 is 0.613 bits per heavy atom. The van der Waals surface area contributed by atoms with E-state index in [1.807, 2.05) is 24.3 Å². The number of nitrogens with zero attached hydrogens (tertiary/aromatic N) is 2. The van der Waals surface area contributed by atoms with E-state index in [0.29, 0.717) is 12.4 Å². The molecule has 0 spiro atoms. The molecular formula is C26H40N2O3. The van der Waals surface area contributed by atoms with E-state index >= 15 is 0 Å². The summed E-state index contributed by atoms with van der Waals surface area (Å²) < 4.78 is 16.7. The quantitative estimate of drug-likeness (QED) is 0.243. The monoisotopic (exact) mass is 428 g/mol. The van der Waals surface area contributed by atoms with Gasteiger partial charge in [0.05, 0.1) is 25.6 Å². The minimum atomic E-state index is 0.695. The van der Waals surface area contributed by atoms with Crippen LogP contribution in [-0.2, 0) is 4.74 Å². The molecule has 0 saturated carbocycles. The molecule has 0 aliphatic rings. The van der Waals surface area contributed by atoms with Gasteiger partial charge < -0.3 is 14.2 Å². The molecule has 0 atom stereocenters. The molecule has 31 heavy (non-hydrogen) atoms. The zero-order chi connectivity index (χ0) is 22.0. The van der Waals surface area contributed by atoms with Crippen molar-refractivity contribution in [1.29, 1.82) is 0 Å². The molecule has 1 aromatic heterocycles. The predicted molar refractivity (Wildman–Crippen MR) is 127 cm³/mol. The van der Waals surface area contributed by atoms with Gasteiger partial charge in [0, 0.05) is 19.3 Å². The van der Waals surface area contributed by atoms with Gasteiger partial charge in [-0.1, -0.05) is 51.9 Å². The smallest absolute Gasteiger partial charge is 0.159 e. The van der Waals surface area contributed by atoms with Crippen molar-refractivity contribution in [3.05, 3.63) is 36.7 Å². The molecule has 0 aliphatic carbocycles. The predicted octanol–water partition coefficient (Wildman–Crippen LogP) is 6.86. The first kappa shape index (κ1) is 25.1. The third-order valence-electron chi connectivity index (χ3n) is 5.27. The summed E-state index contributed by atoms with van der Waals surface area (Å²) in [5.74, 6) is 2.32. The molecule has 1 aromatic carbocycles. The maximum atomic E-state index is 5.86. The number of methoxy groups -OCH3 is 1. The first-order valence-electron chi connectivity index (χ1n) is 12.0. The van der Waals surface area contributed by atoms with Crippen LogP contribution in [0.25, 0.3) is 11.4 Å². The number of hydrogen-bond donors (Lipinski definition) is 0. The molecule has 0 aliphatic heterocycles. The van der Waals surface area contributed by atoms with Crippen LogP contribution in [0.3, 0.4) is 0 Å². The van der Waals surface area contributed by atoms with Gasteiger partial charge >= 0.3 is 0 Å². The number of benzene rings is 1. The average Bonchev–Trinajstić information content (AvgIpc) is 2.81. The van der Waals surface area contributed by atoms with Gasteiger partial charge in [0.1, 0.15) is 5.75 Å². The van der Waals surface area contributed by atoms with Crippen molar-refractivity contribution in [3.8, 4) is 22.9 Å². The molecule has 0 N–H and O–H groups in total. The van der Waals surface area contributed by atoms with Gasteiger partial charge in [-0.2, -0.15) is 0 Å². The number of unbranched alkanes of at least 4 members (excludes halogenated alkanes) is 9. The summed E-state index contributed by atoms with van der Waals surface area (Å²) in [6.45, 7) is 4.56. The maximum absolute atomic E-state index is 5.86. The third kappa shape index (κ3) is 11.2. The van der Waals surface area contributed by atoms with Crippen LogP contribution in [0.15, 0.2) is 36.7 Å². The van der Waals surface area contributed by atoms with Crippen molar-refractivity contribution in [2.45, 2.75) is 77.6 Å². The molecule has 5 heteroatoms. The lowest BCUT2D eigenvalue weighted by atomic mass is 10.1. The topological polar surface area (TPSA) is 53.5 Å². The normalized spacial score (nSPS) is 10.9. The Hall–Kier alpha value is -2.14. The lowest BCUT2D eigenvalue weighted by Crippen LogP contribution is -2.00. The third-order valence-corrected chi connectivity index (χ3v) is 5.27. The second kappa shape index (κ2) is 16.5. The molecule has 0 amide bonds. The van der Waals surface area contributed by atoms with E-state index in [4.69, 9.17) is 14.2 Å². The standard InChI is InChI=1S/C26H40N2O3/c1-3-4-5-6-7-8-12-19-30-24-16-14-23(15-17-24)26-27-21-25(22-28-26)31-20-13-10-9-11-18-29-2/h14-17,21-22H,3-13,18-20H2,1-2H3. The number of ether oxygens (including phenoxy) is 3. The molecule has 0 unspecified atom stereocenters. The SMILES string of the molecule is CCCCCCCCCOc1ccc(-c2ncc(OCCCCCCOC)cn2)cc1. The highest BCUT2D eigenvalue weighted by molar-refractivity contribution is 5.56. The Labute approximate surface area is 188 Å². The van der Waals surface area contributed by atoms with Crippen LogP contribution in [0.5, 0.6) is 11.5 Å². The Balaban J connectivity index is 1.63. The Bertz CT molecular complexity index is 674. The fraction of sp³-hybridized carbons (Fsp3) is 0.615. The van der Waals surface area contributed by atoms with Crippen molar-refractivity contribution in [2.24, 2.45) is 0 Å². The van der Waals surface area contributed by atoms with Crippen molar-refractivity contribution in [2.75, 3.05) is 26.9 Å². The summed E-state index contributed by atoms with van der Waals surface area (Å²) in [4.78, 5) is 8.88. The van der Waals surface area contributed by atoms with Crippen LogP contribution < -0.4 is 9.47 Å². The molecule has 0 radical (unpaired) electrons. The second-order valence-corrected chi connectivity index (χ2v) is 7.99. The molecular weight excluding hydrogens is 388 g/mol. The van der Waals surface area contributed by atoms with E-state index in [-0.39, 0.29) is 0 Å². The van der Waals surface area contributed by atoms with Gasteiger partial charge in [-0.3, -0.25) is 0 Å². The number of hydrogen-bond acceptors (Lipinski definition) is 5. The van der Waals surface area contributed by atoms with Gasteiger partial charge in [-0.05, 0) is 49.9 Å². The molecule has 2 rings (SSSR count). The van der Waals surface area contributed by atoms with Gasteiger partial charge in [0.15, 0.2) is 11.6 Å². The summed E-state index contributed by atoms with van der Waals surface area (Å²) in [5.41, 5.74) is 0.980. The summed E-state index contributed by atoms with van der Waals surface area (Å²) in [6.07, 6.45) is 17.0. The first-order valence-corrected chi connectivity index (χ1v) is 12.0. The highest BCUT2D eigenvalue weighted by Gasteiger charge is 2.03. The minimum Gasteiger partial charge on any atom is -0.494 e. The highest BCUT2D eigenvalue weighted by atomic mass is 16.5. The molecule has 172 valence electrons. The van der Waals surface area contributed by atoms with Crippen LogP contribution in [0.2, 0.25) is 0 Å². The largest absolute Gasteiger partial charge is 0.494 e. The van der Waals surface area contributed by atoms with E-state index in [1.165, 1.54) is 44.9 Å². The highest BCUT2D eigenvalue weighted by Crippen LogP contribution is 2.21. The minimum absolute atomic E-state index is 0.695. The van der Waals surface area contributed by atoms with Gasteiger partial charge in [0.2, 0.25) is 0 Å². The lowest BCUT2D eigenvalue weighted by Gasteiger charge is -2.08. The van der Waals surface area contributed by atoms with Crippen LogP contribution in [0.1, 0.15) is 77.6 Å². The van der Waals surface area contributed by atoms with Crippen molar-refractivity contribution < 1.29 is 14.2 Å². The Kier molecular flexibility index (Phi) is 13.4. The van der Waals surface area contributed by atoms with E-state index in [0.717, 1.165) is 56.0 Å². The van der Waals surface area contributed by atoms with Crippen LogP contribution in [0.4, 0.5) is 0 Å². The van der Waals surface area contributed by atoms with Crippen LogP contribution in [0, 0.1) is 0 Å². The van der Waals surface area contributed by atoms with Crippen molar-refractivity contribution in [3.63, 3.8) is 0 Å². The van der Waals surface area contributed by atoms with Gasteiger partial charge in [-0.25, -0.2) is 9.97 Å². The van der Waals surface area contributed by atoms with E-state index < -0.39 is 0 Å². The first-order chi connectivity index (χ1) is 15.3. The van der Waals surface area contributed by atoms with Crippen molar-refractivity contribution in [1.82, 2.24) is 9.97 Å². The van der Waals surface area contributed by atoms with E-state index in [2.05, 4.69) is 16.9 Å². The molecule has 5 nitrogen and oxygen atoms in total. The summed E-state index contributed by atoms with van der Waals surface area (Å²) in [6, 6.07) is 8.01. The van der Waals surface area contributed by atoms with Crippen LogP contribution in [-0.4, -0.2) is 36.9 Å². The summed E-state index contributed by atoms with van der Waals surface area (Å²) in [7, 11) is 1.74. The zero-order valence-electron chi connectivity index (χ0n) is 19.5. The van der Waals surface area contributed by atoms with Gasteiger partial charge in [-0.15, -0.1) is 0 Å². The molecule has 0 bridgehead atoms. The zero-order valence-corrected chi connectivity index (χ0v) is 19.5. The Morgan fingerprint density at radius 3 is 1.71 bits per heavy atom. The molecule has 2 aromatic rings. The molecule has 0 fully saturated rings. The van der Waals surface area contributed by atoms with Gasteiger partial charge in [0.25, 0.3) is 0 Å². The number of rotatable bonds is 18. The summed E-state index contributed by atoms with van der Waals surface area (Å²) in [5, 5.41) is 0. The fourth-order valence-electron chi connectivity index (χ4n) is 3.38. The van der Waals surface area contributed by atoms with E-state index in [1.54, 1.807) is 19.5 Å². The maximum Gasteiger partial charge on any atom is 0.159 e. The number of aromatic nitrogens is 2. The lowest BCUT2D eigenvalue weighted by molar-refractivity contribution is 0.191. The average molecular weight is 429 g/mol. The summed E-state index contributed by atoms with van der Waals surface area (Å²) >= 11 is 0. The second-order valence-electron chi connectivity index (χ2n) is 7.99. The molecule has 1 heterocycles.